The van der Waals surface area contributed by atoms with Crippen LogP contribution in [0.15, 0.2) is 77.8 Å². The van der Waals surface area contributed by atoms with E-state index in [-0.39, 0.29) is 5.91 Å². The summed E-state index contributed by atoms with van der Waals surface area (Å²) in [6, 6.07) is 22.0. The van der Waals surface area contributed by atoms with Gasteiger partial charge in [0, 0.05) is 22.4 Å². The second-order valence-corrected chi connectivity index (χ2v) is 6.85. The van der Waals surface area contributed by atoms with E-state index in [4.69, 9.17) is 0 Å². The van der Waals surface area contributed by atoms with Crippen LogP contribution in [0.5, 0.6) is 0 Å². The van der Waals surface area contributed by atoms with Crippen molar-refractivity contribution < 1.29 is 4.79 Å². The highest BCUT2D eigenvalue weighted by Crippen LogP contribution is 2.23. The Balaban J connectivity index is 1.52. The molecule has 1 N–H and O–H groups in total. The van der Waals surface area contributed by atoms with Crippen molar-refractivity contribution in [3.8, 4) is 0 Å². The average molecular weight is 348 g/mol. The molecule has 4 heteroatoms. The van der Waals surface area contributed by atoms with Crippen LogP contribution in [0, 0.1) is 6.92 Å². The van der Waals surface area contributed by atoms with Crippen LogP contribution in [0.25, 0.3) is 0 Å². The van der Waals surface area contributed by atoms with Gasteiger partial charge in [0.25, 0.3) is 5.91 Å². The second-order valence-electron chi connectivity index (χ2n) is 5.80. The van der Waals surface area contributed by atoms with Crippen molar-refractivity contribution in [2.45, 2.75) is 24.1 Å². The number of amides is 1. The van der Waals surface area contributed by atoms with Gasteiger partial charge in [0.05, 0.1) is 12.2 Å². The molecule has 1 heterocycles. The first kappa shape index (κ1) is 17.2. The SMILES string of the molecule is Cc1ccc(SCc2ccc(C(=O)NCc3ccccn3)cc2)cc1. The molecule has 0 spiro atoms. The predicted molar refractivity (Wildman–Crippen MR) is 103 cm³/mol. The molecule has 0 unspecified atom stereocenters. The third-order valence-electron chi connectivity index (χ3n) is 3.80. The Kier molecular flexibility index (Phi) is 5.86. The normalized spacial score (nSPS) is 10.4. The zero-order chi connectivity index (χ0) is 17.5. The van der Waals surface area contributed by atoms with Gasteiger partial charge in [0.15, 0.2) is 0 Å². The van der Waals surface area contributed by atoms with Gasteiger partial charge in [-0.25, -0.2) is 0 Å². The summed E-state index contributed by atoms with van der Waals surface area (Å²) in [5.74, 6) is 0.808. The number of benzene rings is 2. The molecule has 0 saturated heterocycles. The summed E-state index contributed by atoms with van der Waals surface area (Å²) in [6.45, 7) is 2.52. The van der Waals surface area contributed by atoms with Crippen molar-refractivity contribution in [2.24, 2.45) is 0 Å². The Morgan fingerprint density at radius 2 is 1.76 bits per heavy atom. The summed E-state index contributed by atoms with van der Waals surface area (Å²) in [5, 5.41) is 2.89. The number of thioether (sulfide) groups is 1. The van der Waals surface area contributed by atoms with Crippen LogP contribution in [0.3, 0.4) is 0 Å². The van der Waals surface area contributed by atoms with E-state index in [9.17, 15) is 4.79 Å². The maximum atomic E-state index is 12.2. The lowest BCUT2D eigenvalue weighted by Crippen LogP contribution is -2.23. The van der Waals surface area contributed by atoms with E-state index in [1.165, 1.54) is 16.0 Å². The van der Waals surface area contributed by atoms with E-state index in [0.29, 0.717) is 12.1 Å². The Bertz CT molecular complexity index is 815. The fourth-order valence-electron chi connectivity index (χ4n) is 2.33. The number of hydrogen-bond donors (Lipinski definition) is 1. The first-order chi connectivity index (χ1) is 12.2. The first-order valence-electron chi connectivity index (χ1n) is 8.17. The second kappa shape index (κ2) is 8.49. The van der Waals surface area contributed by atoms with Gasteiger partial charge in [-0.2, -0.15) is 0 Å². The molecule has 0 saturated carbocycles. The molecule has 1 aromatic heterocycles. The summed E-state index contributed by atoms with van der Waals surface area (Å²) in [5.41, 5.74) is 3.99. The van der Waals surface area contributed by atoms with E-state index >= 15 is 0 Å². The molecule has 3 aromatic rings. The highest BCUT2D eigenvalue weighted by atomic mass is 32.2. The number of pyridine rings is 1. The van der Waals surface area contributed by atoms with Gasteiger partial charge < -0.3 is 5.32 Å². The summed E-state index contributed by atoms with van der Waals surface area (Å²) < 4.78 is 0. The van der Waals surface area contributed by atoms with Gasteiger partial charge in [-0.1, -0.05) is 35.9 Å². The van der Waals surface area contributed by atoms with E-state index in [1.54, 1.807) is 18.0 Å². The maximum Gasteiger partial charge on any atom is 0.251 e. The van der Waals surface area contributed by atoms with Crippen molar-refractivity contribution in [1.29, 1.82) is 0 Å². The van der Waals surface area contributed by atoms with Crippen molar-refractivity contribution in [2.75, 3.05) is 0 Å². The van der Waals surface area contributed by atoms with Gasteiger partial charge in [0.1, 0.15) is 0 Å². The number of aromatic nitrogens is 1. The zero-order valence-electron chi connectivity index (χ0n) is 14.1. The lowest BCUT2D eigenvalue weighted by molar-refractivity contribution is 0.0950. The van der Waals surface area contributed by atoms with Crippen LogP contribution >= 0.6 is 11.8 Å². The molecule has 0 fully saturated rings. The molecule has 126 valence electrons. The predicted octanol–water partition coefficient (Wildman–Crippen LogP) is 4.61. The van der Waals surface area contributed by atoms with Gasteiger partial charge >= 0.3 is 0 Å². The largest absolute Gasteiger partial charge is 0.346 e. The Hall–Kier alpha value is -2.59. The van der Waals surface area contributed by atoms with Gasteiger partial charge in [-0.05, 0) is 48.9 Å². The minimum atomic E-state index is -0.0802. The quantitative estimate of drug-likeness (QED) is 0.661. The number of carbonyl (C=O) groups is 1. The lowest BCUT2D eigenvalue weighted by atomic mass is 10.1. The Morgan fingerprint density at radius 3 is 2.44 bits per heavy atom. The van der Waals surface area contributed by atoms with Crippen LogP contribution in [-0.4, -0.2) is 10.9 Å². The molecular weight excluding hydrogens is 328 g/mol. The summed E-state index contributed by atoms with van der Waals surface area (Å²) in [4.78, 5) is 17.6. The van der Waals surface area contributed by atoms with Crippen molar-refractivity contribution in [1.82, 2.24) is 10.3 Å². The van der Waals surface area contributed by atoms with Gasteiger partial charge in [0.2, 0.25) is 0 Å². The number of aryl methyl sites for hydroxylation is 1. The number of carbonyl (C=O) groups excluding carboxylic acids is 1. The molecule has 2 aromatic carbocycles. The van der Waals surface area contributed by atoms with Crippen molar-refractivity contribution >= 4 is 17.7 Å². The average Bonchev–Trinajstić information content (AvgIpc) is 2.67. The van der Waals surface area contributed by atoms with Crippen LogP contribution in [0.4, 0.5) is 0 Å². The smallest absolute Gasteiger partial charge is 0.251 e. The Labute approximate surface area is 152 Å². The fraction of sp³-hybridized carbons (Fsp3) is 0.143. The monoisotopic (exact) mass is 348 g/mol. The molecule has 0 aliphatic rings. The van der Waals surface area contributed by atoms with Crippen LogP contribution < -0.4 is 5.32 Å². The van der Waals surface area contributed by atoms with E-state index < -0.39 is 0 Å². The number of rotatable bonds is 6. The molecule has 1 amide bonds. The molecule has 0 aliphatic heterocycles. The Morgan fingerprint density at radius 1 is 1.00 bits per heavy atom. The van der Waals surface area contributed by atoms with Gasteiger partial charge in [-0.15, -0.1) is 11.8 Å². The van der Waals surface area contributed by atoms with E-state index in [1.807, 2.05) is 42.5 Å². The molecule has 3 nitrogen and oxygen atoms in total. The zero-order valence-corrected chi connectivity index (χ0v) is 14.9. The number of nitrogens with one attached hydrogen (secondary N) is 1. The van der Waals surface area contributed by atoms with E-state index in [2.05, 4.69) is 41.5 Å². The molecule has 0 atom stereocenters. The van der Waals surface area contributed by atoms with Crippen LogP contribution in [-0.2, 0) is 12.3 Å². The minimum absolute atomic E-state index is 0.0802. The number of nitrogens with zero attached hydrogens (tertiary/aromatic N) is 1. The molecule has 3 rings (SSSR count). The lowest BCUT2D eigenvalue weighted by Gasteiger charge is -2.06. The maximum absolute atomic E-state index is 12.2. The molecular formula is C21H20N2OS. The van der Waals surface area contributed by atoms with Crippen molar-refractivity contribution in [3.05, 3.63) is 95.3 Å². The third-order valence-corrected chi connectivity index (χ3v) is 4.88. The highest BCUT2D eigenvalue weighted by Gasteiger charge is 2.06. The van der Waals surface area contributed by atoms with Crippen LogP contribution in [0.1, 0.15) is 27.2 Å². The summed E-state index contributed by atoms with van der Waals surface area (Å²) in [6.07, 6.45) is 1.72. The molecule has 25 heavy (non-hydrogen) atoms. The standard InChI is InChI=1S/C21H20N2OS/c1-16-5-11-20(12-6-16)25-15-17-7-9-18(10-8-17)21(24)23-14-19-4-2-3-13-22-19/h2-13H,14-15H2,1H3,(H,23,24). The molecule has 0 radical (unpaired) electrons. The van der Waals surface area contributed by atoms with E-state index in [0.717, 1.165) is 11.4 Å². The third kappa shape index (κ3) is 5.19. The van der Waals surface area contributed by atoms with Crippen LogP contribution in [0.2, 0.25) is 0 Å². The van der Waals surface area contributed by atoms with Gasteiger partial charge in [-0.3, -0.25) is 9.78 Å². The molecule has 0 aliphatic carbocycles. The molecule has 0 bridgehead atoms. The fourth-order valence-corrected chi connectivity index (χ4v) is 3.18. The first-order valence-corrected chi connectivity index (χ1v) is 9.16. The highest BCUT2D eigenvalue weighted by molar-refractivity contribution is 7.98. The topological polar surface area (TPSA) is 42.0 Å². The minimum Gasteiger partial charge on any atom is -0.346 e. The summed E-state index contributed by atoms with van der Waals surface area (Å²) >= 11 is 1.80. The summed E-state index contributed by atoms with van der Waals surface area (Å²) in [7, 11) is 0. The van der Waals surface area contributed by atoms with Crippen molar-refractivity contribution in [3.63, 3.8) is 0 Å². The number of hydrogen-bond acceptors (Lipinski definition) is 3.